The van der Waals surface area contributed by atoms with Crippen LogP contribution in [0.3, 0.4) is 0 Å². The third kappa shape index (κ3) is 4.61. The summed E-state index contributed by atoms with van der Waals surface area (Å²) in [6.07, 6.45) is 2.03. The van der Waals surface area contributed by atoms with Crippen LogP contribution in [-0.4, -0.2) is 36.6 Å². The van der Waals surface area contributed by atoms with E-state index >= 15 is 0 Å². The van der Waals surface area contributed by atoms with Crippen LogP contribution in [-0.2, 0) is 14.3 Å². The second kappa shape index (κ2) is 5.30. The second-order valence-electron chi connectivity index (χ2n) is 5.05. The molecule has 1 fully saturated rings. The first-order valence-electron chi connectivity index (χ1n) is 5.60. The Balaban J connectivity index is 2.26. The molecular formula is C11H20N2O3. The Morgan fingerprint density at radius 2 is 2.00 bits per heavy atom. The lowest BCUT2D eigenvalue weighted by Gasteiger charge is -2.20. The normalized spacial score (nSPS) is 20.6. The number of amides is 2. The molecule has 1 atom stereocenters. The van der Waals surface area contributed by atoms with Crippen LogP contribution in [0.2, 0.25) is 0 Å². The van der Waals surface area contributed by atoms with Crippen LogP contribution in [0.15, 0.2) is 0 Å². The summed E-state index contributed by atoms with van der Waals surface area (Å²) in [5, 5.41) is 5.17. The largest absolute Gasteiger partial charge is 0.376 e. The molecule has 2 amide bonds. The Morgan fingerprint density at radius 1 is 1.31 bits per heavy atom. The molecule has 92 valence electrons. The van der Waals surface area contributed by atoms with Crippen LogP contribution >= 0.6 is 0 Å². The maximum atomic E-state index is 11.4. The highest BCUT2D eigenvalue weighted by Gasteiger charge is 2.22. The van der Waals surface area contributed by atoms with E-state index in [0.29, 0.717) is 6.54 Å². The van der Waals surface area contributed by atoms with Crippen LogP contribution < -0.4 is 10.6 Å². The molecule has 1 unspecified atom stereocenters. The number of hydrogen-bond donors (Lipinski definition) is 2. The van der Waals surface area contributed by atoms with E-state index in [4.69, 9.17) is 4.74 Å². The lowest BCUT2D eigenvalue weighted by Crippen LogP contribution is -2.49. The Bertz CT molecular complexity index is 265. The molecule has 0 aromatic rings. The van der Waals surface area contributed by atoms with E-state index in [2.05, 4.69) is 10.6 Å². The van der Waals surface area contributed by atoms with E-state index < -0.39 is 17.4 Å². The fraction of sp³-hybridized carbons (Fsp3) is 0.818. The molecule has 0 aromatic heterocycles. The third-order valence-corrected chi connectivity index (χ3v) is 2.21. The maximum Gasteiger partial charge on any atom is 0.309 e. The zero-order valence-electron chi connectivity index (χ0n) is 10.1. The van der Waals surface area contributed by atoms with E-state index in [1.54, 1.807) is 0 Å². The first-order chi connectivity index (χ1) is 7.38. The smallest absolute Gasteiger partial charge is 0.309 e. The number of hydrogen-bond acceptors (Lipinski definition) is 3. The topological polar surface area (TPSA) is 67.4 Å². The van der Waals surface area contributed by atoms with Gasteiger partial charge in [-0.1, -0.05) is 0 Å². The van der Waals surface area contributed by atoms with Crippen LogP contribution in [0, 0.1) is 0 Å². The van der Waals surface area contributed by atoms with E-state index in [1.165, 1.54) is 0 Å². The van der Waals surface area contributed by atoms with E-state index in [-0.39, 0.29) is 6.10 Å². The summed E-state index contributed by atoms with van der Waals surface area (Å²) in [4.78, 5) is 22.8. The van der Waals surface area contributed by atoms with Gasteiger partial charge in [-0.25, -0.2) is 0 Å². The lowest BCUT2D eigenvalue weighted by atomic mass is 10.1. The highest BCUT2D eigenvalue weighted by Crippen LogP contribution is 2.10. The van der Waals surface area contributed by atoms with Crippen molar-refractivity contribution in [3.8, 4) is 0 Å². The summed E-state index contributed by atoms with van der Waals surface area (Å²) in [7, 11) is 0. The third-order valence-electron chi connectivity index (χ3n) is 2.21. The summed E-state index contributed by atoms with van der Waals surface area (Å²) < 4.78 is 5.34. The van der Waals surface area contributed by atoms with Crippen molar-refractivity contribution in [1.29, 1.82) is 0 Å². The molecule has 1 rings (SSSR count). The molecule has 1 aliphatic heterocycles. The van der Waals surface area contributed by atoms with Gasteiger partial charge in [0, 0.05) is 18.7 Å². The summed E-state index contributed by atoms with van der Waals surface area (Å²) in [5.41, 5.74) is -0.391. The van der Waals surface area contributed by atoms with Crippen molar-refractivity contribution in [2.75, 3.05) is 13.2 Å². The average Bonchev–Trinajstić information content (AvgIpc) is 2.63. The standard InChI is InChI=1S/C11H20N2O3/c1-11(2,3)13-10(15)9(14)12-7-8-5-4-6-16-8/h8H,4-7H2,1-3H3,(H,12,14)(H,13,15). The first kappa shape index (κ1) is 13.0. The average molecular weight is 228 g/mol. The molecule has 16 heavy (non-hydrogen) atoms. The molecule has 0 aliphatic carbocycles. The molecule has 5 heteroatoms. The quantitative estimate of drug-likeness (QED) is 0.663. The summed E-state index contributed by atoms with van der Waals surface area (Å²) in [6, 6.07) is 0. The Morgan fingerprint density at radius 3 is 2.50 bits per heavy atom. The predicted octanol–water partition coefficient (Wildman–Crippen LogP) is 0.196. The van der Waals surface area contributed by atoms with Gasteiger partial charge in [0.25, 0.3) is 0 Å². The second-order valence-corrected chi connectivity index (χ2v) is 5.05. The molecule has 1 aliphatic rings. The van der Waals surface area contributed by atoms with Gasteiger partial charge in [0.1, 0.15) is 0 Å². The Hall–Kier alpha value is -1.10. The van der Waals surface area contributed by atoms with Crippen molar-refractivity contribution in [3.05, 3.63) is 0 Å². The zero-order chi connectivity index (χ0) is 12.2. The molecule has 2 N–H and O–H groups in total. The molecule has 1 heterocycles. The molecule has 5 nitrogen and oxygen atoms in total. The number of nitrogens with one attached hydrogen (secondary N) is 2. The molecule has 0 bridgehead atoms. The maximum absolute atomic E-state index is 11.4. The molecule has 1 saturated heterocycles. The summed E-state index contributed by atoms with van der Waals surface area (Å²) in [5.74, 6) is -1.18. The van der Waals surface area contributed by atoms with Gasteiger partial charge in [-0.2, -0.15) is 0 Å². The fourth-order valence-corrected chi connectivity index (χ4v) is 1.49. The lowest BCUT2D eigenvalue weighted by molar-refractivity contribution is -0.140. The van der Waals surface area contributed by atoms with Gasteiger partial charge in [-0.3, -0.25) is 9.59 Å². The van der Waals surface area contributed by atoms with Crippen molar-refractivity contribution < 1.29 is 14.3 Å². The van der Waals surface area contributed by atoms with Crippen LogP contribution in [0.1, 0.15) is 33.6 Å². The van der Waals surface area contributed by atoms with E-state index in [0.717, 1.165) is 19.4 Å². The van der Waals surface area contributed by atoms with Crippen molar-refractivity contribution in [2.24, 2.45) is 0 Å². The van der Waals surface area contributed by atoms with Crippen molar-refractivity contribution in [2.45, 2.75) is 45.3 Å². The highest BCUT2D eigenvalue weighted by atomic mass is 16.5. The minimum absolute atomic E-state index is 0.0615. The zero-order valence-corrected chi connectivity index (χ0v) is 10.1. The van der Waals surface area contributed by atoms with E-state index in [1.807, 2.05) is 20.8 Å². The number of rotatable bonds is 2. The monoisotopic (exact) mass is 228 g/mol. The fourth-order valence-electron chi connectivity index (χ4n) is 1.49. The van der Waals surface area contributed by atoms with Gasteiger partial charge in [0.2, 0.25) is 0 Å². The predicted molar refractivity (Wildman–Crippen MR) is 59.9 cm³/mol. The van der Waals surface area contributed by atoms with Gasteiger partial charge in [-0.15, -0.1) is 0 Å². The van der Waals surface area contributed by atoms with E-state index in [9.17, 15) is 9.59 Å². The summed E-state index contributed by atoms with van der Waals surface area (Å²) in [6.45, 7) is 6.65. The minimum atomic E-state index is -0.592. The highest BCUT2D eigenvalue weighted by molar-refractivity contribution is 6.35. The molecule has 0 spiro atoms. The van der Waals surface area contributed by atoms with Gasteiger partial charge >= 0.3 is 11.8 Å². The SMILES string of the molecule is CC(C)(C)NC(=O)C(=O)NCC1CCCO1. The number of carbonyl (C=O) groups is 2. The first-order valence-corrected chi connectivity index (χ1v) is 5.60. The van der Waals surface area contributed by atoms with Crippen molar-refractivity contribution in [1.82, 2.24) is 10.6 Å². The van der Waals surface area contributed by atoms with Gasteiger partial charge in [0.15, 0.2) is 0 Å². The summed E-state index contributed by atoms with van der Waals surface area (Å²) >= 11 is 0. The molecule has 0 saturated carbocycles. The van der Waals surface area contributed by atoms with Crippen LogP contribution in [0.5, 0.6) is 0 Å². The Kier molecular flexibility index (Phi) is 4.29. The molecule has 0 radical (unpaired) electrons. The number of carbonyl (C=O) groups excluding carboxylic acids is 2. The van der Waals surface area contributed by atoms with Crippen molar-refractivity contribution >= 4 is 11.8 Å². The van der Waals surface area contributed by atoms with Gasteiger partial charge < -0.3 is 15.4 Å². The van der Waals surface area contributed by atoms with Gasteiger partial charge in [-0.05, 0) is 33.6 Å². The van der Waals surface area contributed by atoms with Gasteiger partial charge in [0.05, 0.1) is 6.10 Å². The minimum Gasteiger partial charge on any atom is -0.376 e. The molecule has 0 aromatic carbocycles. The number of ether oxygens (including phenoxy) is 1. The molecular weight excluding hydrogens is 208 g/mol. The van der Waals surface area contributed by atoms with Crippen molar-refractivity contribution in [3.63, 3.8) is 0 Å². The Labute approximate surface area is 95.9 Å². The van der Waals surface area contributed by atoms with Crippen LogP contribution in [0.25, 0.3) is 0 Å². The van der Waals surface area contributed by atoms with Crippen LogP contribution in [0.4, 0.5) is 0 Å².